The fourth-order valence-corrected chi connectivity index (χ4v) is 4.15. The Labute approximate surface area is 187 Å². The number of nitrogens with zero attached hydrogens (tertiary/aromatic N) is 5. The predicted octanol–water partition coefficient (Wildman–Crippen LogP) is 4.31. The van der Waals surface area contributed by atoms with Crippen LogP contribution in [0.5, 0.6) is 0 Å². The molecule has 2 saturated heterocycles. The van der Waals surface area contributed by atoms with Gasteiger partial charge in [0.2, 0.25) is 0 Å². The van der Waals surface area contributed by atoms with Crippen molar-refractivity contribution >= 4 is 34.2 Å². The molecule has 0 saturated carbocycles. The average molecular weight is 433 g/mol. The fraction of sp³-hybridized carbons (Fsp3) is 0.417. The zero-order chi connectivity index (χ0) is 22.3. The Balaban J connectivity index is 1.44. The number of pyridine rings is 1. The van der Waals surface area contributed by atoms with Gasteiger partial charge in [-0.2, -0.15) is 0 Å². The number of amides is 1. The molecule has 2 aliphatic heterocycles. The minimum absolute atomic E-state index is 0.247. The van der Waals surface area contributed by atoms with Gasteiger partial charge < -0.3 is 19.9 Å². The van der Waals surface area contributed by atoms with Crippen LogP contribution in [-0.2, 0) is 4.74 Å². The number of hydrogen-bond acceptors (Lipinski definition) is 7. The Hall–Kier alpha value is -3.42. The topological polar surface area (TPSA) is 83.5 Å². The molecule has 3 aromatic rings. The third-order valence-corrected chi connectivity index (χ3v) is 5.92. The molecule has 0 unspecified atom stereocenters. The maximum absolute atomic E-state index is 12.4. The molecule has 8 heteroatoms. The molecule has 0 spiro atoms. The molecule has 0 atom stereocenters. The highest BCUT2D eigenvalue weighted by molar-refractivity contribution is 5.98. The molecule has 1 aromatic carbocycles. The van der Waals surface area contributed by atoms with E-state index in [0.717, 1.165) is 29.7 Å². The van der Waals surface area contributed by atoms with Crippen molar-refractivity contribution in [2.75, 3.05) is 36.4 Å². The molecule has 5 rings (SSSR count). The van der Waals surface area contributed by atoms with Crippen LogP contribution in [0.3, 0.4) is 0 Å². The molecule has 0 aliphatic carbocycles. The number of anilines is 3. The van der Waals surface area contributed by atoms with Gasteiger partial charge >= 0.3 is 6.09 Å². The summed E-state index contributed by atoms with van der Waals surface area (Å²) in [5.74, 6) is 1.71. The van der Waals surface area contributed by atoms with Crippen molar-refractivity contribution < 1.29 is 9.53 Å². The monoisotopic (exact) mass is 432 g/mol. The van der Waals surface area contributed by atoms with Crippen molar-refractivity contribution in [1.29, 1.82) is 0 Å². The maximum Gasteiger partial charge on any atom is 0.410 e. The van der Waals surface area contributed by atoms with E-state index >= 15 is 0 Å². The van der Waals surface area contributed by atoms with Crippen molar-refractivity contribution in [3.63, 3.8) is 0 Å². The standard InChI is InChI=1S/C24H28N6O2/c1-24(2,3)32-23(31)30-13-16(14-30)17-5-6-20(29-9-4-10-29)19-12-26-22(11-18(17)19)28-21-7-8-25-15-27-21/h5-8,11-12,15-16H,4,9-10,13-14H2,1-3H3,(H,25,26,27,28). The zero-order valence-corrected chi connectivity index (χ0v) is 18.7. The average Bonchev–Trinajstić information content (AvgIpc) is 2.66. The van der Waals surface area contributed by atoms with E-state index in [-0.39, 0.29) is 12.0 Å². The van der Waals surface area contributed by atoms with Gasteiger partial charge in [0.15, 0.2) is 0 Å². The number of carbonyl (C=O) groups is 1. The predicted molar refractivity (Wildman–Crippen MR) is 124 cm³/mol. The van der Waals surface area contributed by atoms with Gasteiger partial charge in [-0.1, -0.05) is 6.07 Å². The Morgan fingerprint density at radius 3 is 2.56 bits per heavy atom. The van der Waals surface area contributed by atoms with Gasteiger partial charge in [-0.3, -0.25) is 0 Å². The van der Waals surface area contributed by atoms with Crippen molar-refractivity contribution in [1.82, 2.24) is 19.9 Å². The Kier molecular flexibility index (Phi) is 5.07. The summed E-state index contributed by atoms with van der Waals surface area (Å²) in [7, 11) is 0. The lowest BCUT2D eigenvalue weighted by Gasteiger charge is -2.41. The van der Waals surface area contributed by atoms with E-state index in [0.29, 0.717) is 18.9 Å². The number of nitrogens with one attached hydrogen (secondary N) is 1. The Bertz CT molecular complexity index is 1130. The normalized spacial score (nSPS) is 16.5. The Morgan fingerprint density at radius 2 is 1.91 bits per heavy atom. The van der Waals surface area contributed by atoms with Crippen LogP contribution in [0, 0.1) is 0 Å². The first kappa shape index (κ1) is 20.5. The summed E-state index contributed by atoms with van der Waals surface area (Å²) < 4.78 is 5.52. The maximum atomic E-state index is 12.4. The van der Waals surface area contributed by atoms with Crippen LogP contribution in [0.15, 0.2) is 43.0 Å². The lowest BCUT2D eigenvalue weighted by molar-refractivity contribution is 0.00830. The fourth-order valence-electron chi connectivity index (χ4n) is 4.15. The van der Waals surface area contributed by atoms with Gasteiger partial charge in [-0.05, 0) is 56.3 Å². The van der Waals surface area contributed by atoms with E-state index < -0.39 is 5.60 Å². The van der Waals surface area contributed by atoms with Gasteiger partial charge in [0.25, 0.3) is 0 Å². The highest BCUT2D eigenvalue weighted by Gasteiger charge is 2.35. The summed E-state index contributed by atoms with van der Waals surface area (Å²) in [6.07, 6.45) is 6.13. The molecule has 166 valence electrons. The first-order chi connectivity index (χ1) is 15.4. The second-order valence-corrected chi connectivity index (χ2v) is 9.43. The Morgan fingerprint density at radius 1 is 1.09 bits per heavy atom. The number of carbonyl (C=O) groups excluding carboxylic acids is 1. The number of ether oxygens (including phenoxy) is 1. The second-order valence-electron chi connectivity index (χ2n) is 9.43. The molecule has 0 bridgehead atoms. The summed E-state index contributed by atoms with van der Waals surface area (Å²) in [5, 5.41) is 5.57. The van der Waals surface area contributed by atoms with E-state index in [1.165, 1.54) is 24.0 Å². The molecule has 2 aliphatic rings. The summed E-state index contributed by atoms with van der Waals surface area (Å²) >= 11 is 0. The van der Waals surface area contributed by atoms with Crippen LogP contribution >= 0.6 is 0 Å². The van der Waals surface area contributed by atoms with Crippen molar-refractivity contribution in [2.45, 2.75) is 38.7 Å². The highest BCUT2D eigenvalue weighted by Crippen LogP contribution is 2.39. The van der Waals surface area contributed by atoms with Crippen molar-refractivity contribution in [3.05, 3.63) is 48.5 Å². The summed E-state index contributed by atoms with van der Waals surface area (Å²) in [6.45, 7) is 9.14. The van der Waals surface area contributed by atoms with Crippen LogP contribution in [0.1, 0.15) is 38.7 Å². The zero-order valence-electron chi connectivity index (χ0n) is 18.7. The van der Waals surface area contributed by atoms with E-state index in [1.807, 2.05) is 33.0 Å². The first-order valence-corrected chi connectivity index (χ1v) is 11.1. The van der Waals surface area contributed by atoms with Crippen LogP contribution in [0.2, 0.25) is 0 Å². The third-order valence-electron chi connectivity index (χ3n) is 5.92. The molecular weight excluding hydrogens is 404 g/mol. The number of benzene rings is 1. The lowest BCUT2D eigenvalue weighted by Crippen LogP contribution is -2.50. The molecule has 1 N–H and O–H groups in total. The minimum Gasteiger partial charge on any atom is -0.444 e. The van der Waals surface area contributed by atoms with Crippen molar-refractivity contribution in [3.8, 4) is 0 Å². The SMILES string of the molecule is CC(C)(C)OC(=O)N1CC(c2ccc(N3CCC3)c3cnc(Nc4ccncn4)cc23)C1. The molecule has 4 heterocycles. The number of aromatic nitrogens is 3. The molecule has 0 radical (unpaired) electrons. The molecule has 32 heavy (non-hydrogen) atoms. The van der Waals surface area contributed by atoms with Gasteiger partial charge in [0.1, 0.15) is 23.6 Å². The van der Waals surface area contributed by atoms with Gasteiger partial charge in [0.05, 0.1) is 0 Å². The van der Waals surface area contributed by atoms with E-state index in [2.05, 4.69) is 43.4 Å². The molecule has 8 nitrogen and oxygen atoms in total. The quantitative estimate of drug-likeness (QED) is 0.658. The van der Waals surface area contributed by atoms with E-state index in [1.54, 1.807) is 11.1 Å². The lowest BCUT2D eigenvalue weighted by atomic mass is 9.87. The molecular formula is C24H28N6O2. The highest BCUT2D eigenvalue weighted by atomic mass is 16.6. The van der Waals surface area contributed by atoms with Crippen LogP contribution < -0.4 is 10.2 Å². The van der Waals surface area contributed by atoms with Gasteiger partial charge in [0, 0.05) is 55.6 Å². The number of rotatable bonds is 4. The van der Waals surface area contributed by atoms with Crippen molar-refractivity contribution in [2.24, 2.45) is 0 Å². The largest absolute Gasteiger partial charge is 0.444 e. The number of likely N-dealkylation sites (tertiary alicyclic amines) is 1. The third kappa shape index (κ3) is 4.04. The summed E-state index contributed by atoms with van der Waals surface area (Å²) in [4.78, 5) is 29.4. The number of fused-ring (bicyclic) bond motifs is 1. The second kappa shape index (κ2) is 7.93. The summed E-state index contributed by atoms with van der Waals surface area (Å²) in [5.41, 5.74) is 1.97. The van der Waals surface area contributed by atoms with E-state index in [4.69, 9.17) is 4.74 Å². The minimum atomic E-state index is -0.485. The van der Waals surface area contributed by atoms with Gasteiger partial charge in [-0.15, -0.1) is 0 Å². The van der Waals surface area contributed by atoms with Crippen LogP contribution in [-0.4, -0.2) is 57.7 Å². The van der Waals surface area contributed by atoms with Crippen LogP contribution in [0.4, 0.5) is 22.1 Å². The summed E-state index contributed by atoms with van der Waals surface area (Å²) in [6, 6.07) is 8.31. The number of hydrogen-bond donors (Lipinski definition) is 1. The smallest absolute Gasteiger partial charge is 0.410 e. The van der Waals surface area contributed by atoms with E-state index in [9.17, 15) is 4.79 Å². The van der Waals surface area contributed by atoms with Crippen LogP contribution in [0.25, 0.3) is 10.8 Å². The van der Waals surface area contributed by atoms with Gasteiger partial charge in [-0.25, -0.2) is 19.7 Å². The first-order valence-electron chi connectivity index (χ1n) is 11.1. The molecule has 2 aromatic heterocycles. The molecule has 1 amide bonds. The molecule has 2 fully saturated rings.